The van der Waals surface area contributed by atoms with Crippen molar-refractivity contribution >= 4 is 23.2 Å². The Labute approximate surface area is 145 Å². The number of nitrogen functional groups attached to an aromatic ring is 1. The summed E-state index contributed by atoms with van der Waals surface area (Å²) in [5.41, 5.74) is 5.56. The summed E-state index contributed by atoms with van der Waals surface area (Å²) < 4.78 is 0. The number of rotatable bonds is 5. The van der Waals surface area contributed by atoms with E-state index >= 15 is 0 Å². The zero-order chi connectivity index (χ0) is 18.6. The van der Waals surface area contributed by atoms with Crippen molar-refractivity contribution < 1.29 is 14.5 Å². The fourth-order valence-electron chi connectivity index (χ4n) is 2.70. The van der Waals surface area contributed by atoms with E-state index in [2.05, 4.69) is 5.32 Å². The van der Waals surface area contributed by atoms with Gasteiger partial charge in [0.05, 0.1) is 11.5 Å². The van der Waals surface area contributed by atoms with Crippen molar-refractivity contribution in [3.05, 3.63) is 33.9 Å². The van der Waals surface area contributed by atoms with E-state index in [0.29, 0.717) is 32.7 Å². The smallest absolute Gasteiger partial charge is 0.292 e. The van der Waals surface area contributed by atoms with Gasteiger partial charge in [0.15, 0.2) is 0 Å². The van der Waals surface area contributed by atoms with Gasteiger partial charge in [-0.1, -0.05) is 0 Å². The van der Waals surface area contributed by atoms with Crippen molar-refractivity contribution in [1.29, 1.82) is 0 Å². The van der Waals surface area contributed by atoms with Crippen LogP contribution in [0.2, 0.25) is 0 Å². The van der Waals surface area contributed by atoms with Gasteiger partial charge in [-0.15, -0.1) is 0 Å². The number of anilines is 1. The number of hydrogen-bond acceptors (Lipinski definition) is 6. The van der Waals surface area contributed by atoms with Crippen LogP contribution in [0.25, 0.3) is 0 Å². The van der Waals surface area contributed by atoms with Gasteiger partial charge in [-0.25, -0.2) is 0 Å². The molecule has 0 unspecified atom stereocenters. The number of nitrogens with one attached hydrogen (secondary N) is 1. The molecule has 9 heteroatoms. The molecule has 0 saturated carbocycles. The van der Waals surface area contributed by atoms with Crippen molar-refractivity contribution in [2.75, 3.05) is 38.5 Å². The lowest BCUT2D eigenvalue weighted by atomic mass is 10.1. The number of carbonyl (C=O) groups is 2. The van der Waals surface area contributed by atoms with E-state index in [-0.39, 0.29) is 34.8 Å². The van der Waals surface area contributed by atoms with E-state index < -0.39 is 4.92 Å². The van der Waals surface area contributed by atoms with Crippen LogP contribution in [0.4, 0.5) is 11.4 Å². The molecular weight excluding hydrogens is 326 g/mol. The van der Waals surface area contributed by atoms with Crippen LogP contribution < -0.4 is 11.1 Å². The van der Waals surface area contributed by atoms with Gasteiger partial charge in [-0.3, -0.25) is 24.6 Å². The molecule has 1 fully saturated rings. The molecule has 0 spiro atoms. The van der Waals surface area contributed by atoms with Crippen molar-refractivity contribution in [1.82, 2.24) is 15.1 Å². The third-order valence-corrected chi connectivity index (χ3v) is 3.95. The minimum atomic E-state index is -0.600. The third kappa shape index (κ3) is 4.90. The van der Waals surface area contributed by atoms with Gasteiger partial charge in [0.1, 0.15) is 5.69 Å². The summed E-state index contributed by atoms with van der Waals surface area (Å²) in [6, 6.07) is 4.17. The highest BCUT2D eigenvalue weighted by Crippen LogP contribution is 2.23. The summed E-state index contributed by atoms with van der Waals surface area (Å²) in [6.45, 7) is 6.19. The molecule has 2 rings (SSSR count). The molecule has 1 saturated heterocycles. The largest absolute Gasteiger partial charge is 0.393 e. The Bertz CT molecular complexity index is 668. The number of nitro groups is 1. The molecule has 0 aliphatic carbocycles. The molecule has 0 atom stereocenters. The van der Waals surface area contributed by atoms with Gasteiger partial charge in [0.25, 0.3) is 11.6 Å². The lowest BCUT2D eigenvalue weighted by Crippen LogP contribution is -2.51. The Balaban J connectivity index is 1.94. The van der Waals surface area contributed by atoms with E-state index in [9.17, 15) is 19.7 Å². The third-order valence-electron chi connectivity index (χ3n) is 3.95. The second-order valence-corrected chi connectivity index (χ2v) is 6.32. The molecule has 1 heterocycles. The maximum absolute atomic E-state index is 12.5. The van der Waals surface area contributed by atoms with Crippen LogP contribution >= 0.6 is 0 Å². The first-order valence-corrected chi connectivity index (χ1v) is 8.13. The van der Waals surface area contributed by atoms with Gasteiger partial charge in [-0.2, -0.15) is 0 Å². The average molecular weight is 349 g/mol. The SMILES string of the molecule is CC(C)NC(=O)CN1CCN(C(=O)c2ccc(N)c([N+](=O)[O-])c2)CC1. The first kappa shape index (κ1) is 18.7. The number of nitrogens with two attached hydrogens (primary N) is 1. The van der Waals surface area contributed by atoms with E-state index in [1.165, 1.54) is 18.2 Å². The van der Waals surface area contributed by atoms with E-state index in [4.69, 9.17) is 5.73 Å². The minimum Gasteiger partial charge on any atom is -0.393 e. The minimum absolute atomic E-state index is 0.0301. The Morgan fingerprint density at radius 2 is 1.92 bits per heavy atom. The van der Waals surface area contributed by atoms with Crippen molar-refractivity contribution in [3.63, 3.8) is 0 Å². The summed E-state index contributed by atoms with van der Waals surface area (Å²) >= 11 is 0. The summed E-state index contributed by atoms with van der Waals surface area (Å²) in [5.74, 6) is -0.307. The van der Waals surface area contributed by atoms with E-state index in [1.807, 2.05) is 18.7 Å². The predicted octanol–water partition coefficient (Wildman–Crippen LogP) is 0.459. The van der Waals surface area contributed by atoms with E-state index in [1.54, 1.807) is 4.90 Å². The van der Waals surface area contributed by atoms with Gasteiger partial charge in [0, 0.05) is 43.9 Å². The quantitative estimate of drug-likeness (QED) is 0.452. The number of piperazine rings is 1. The topological polar surface area (TPSA) is 122 Å². The molecular formula is C16H23N5O4. The number of nitro benzene ring substituents is 1. The summed E-state index contributed by atoms with van der Waals surface area (Å²) in [5, 5.41) is 13.8. The zero-order valence-electron chi connectivity index (χ0n) is 14.4. The average Bonchev–Trinajstić information content (AvgIpc) is 2.54. The number of amides is 2. The van der Waals surface area contributed by atoms with Crippen LogP contribution in [0.1, 0.15) is 24.2 Å². The fourth-order valence-corrected chi connectivity index (χ4v) is 2.70. The fraction of sp³-hybridized carbons (Fsp3) is 0.500. The molecule has 3 N–H and O–H groups in total. The second-order valence-electron chi connectivity index (χ2n) is 6.32. The number of carbonyl (C=O) groups excluding carboxylic acids is 2. The molecule has 9 nitrogen and oxygen atoms in total. The maximum Gasteiger partial charge on any atom is 0.292 e. The lowest BCUT2D eigenvalue weighted by Gasteiger charge is -2.34. The number of hydrogen-bond donors (Lipinski definition) is 2. The van der Waals surface area contributed by atoms with Crippen LogP contribution in [0.15, 0.2) is 18.2 Å². The molecule has 136 valence electrons. The molecule has 0 bridgehead atoms. The molecule has 0 radical (unpaired) electrons. The Kier molecular flexibility index (Phi) is 5.92. The highest BCUT2D eigenvalue weighted by molar-refractivity contribution is 5.95. The summed E-state index contributed by atoms with van der Waals surface area (Å²) in [7, 11) is 0. The van der Waals surface area contributed by atoms with Crippen molar-refractivity contribution in [2.45, 2.75) is 19.9 Å². The Morgan fingerprint density at radius 1 is 1.28 bits per heavy atom. The highest BCUT2D eigenvalue weighted by atomic mass is 16.6. The first-order valence-electron chi connectivity index (χ1n) is 8.13. The standard InChI is InChI=1S/C16H23N5O4/c1-11(2)18-15(22)10-19-5-7-20(8-6-19)16(23)12-3-4-13(17)14(9-12)21(24)25/h3-4,9,11H,5-8,10,17H2,1-2H3,(H,18,22). The lowest BCUT2D eigenvalue weighted by molar-refractivity contribution is -0.383. The molecule has 0 aromatic heterocycles. The normalized spacial score (nSPS) is 15.2. The van der Waals surface area contributed by atoms with Crippen LogP contribution in [-0.2, 0) is 4.79 Å². The van der Waals surface area contributed by atoms with Crippen LogP contribution in [0, 0.1) is 10.1 Å². The van der Waals surface area contributed by atoms with Gasteiger partial charge in [0.2, 0.25) is 5.91 Å². The van der Waals surface area contributed by atoms with E-state index in [0.717, 1.165) is 0 Å². The van der Waals surface area contributed by atoms with Crippen LogP contribution in [0.3, 0.4) is 0 Å². The van der Waals surface area contributed by atoms with Gasteiger partial charge in [-0.05, 0) is 26.0 Å². The molecule has 1 aliphatic rings. The molecule has 2 amide bonds. The molecule has 1 aromatic carbocycles. The summed E-state index contributed by atoms with van der Waals surface area (Å²) in [6.07, 6.45) is 0. The Morgan fingerprint density at radius 3 is 2.48 bits per heavy atom. The summed E-state index contributed by atoms with van der Waals surface area (Å²) in [4.78, 5) is 38.3. The predicted molar refractivity (Wildman–Crippen MR) is 93.1 cm³/mol. The van der Waals surface area contributed by atoms with Crippen molar-refractivity contribution in [3.8, 4) is 0 Å². The Hall–Kier alpha value is -2.68. The number of nitrogens with zero attached hydrogens (tertiary/aromatic N) is 3. The van der Waals surface area contributed by atoms with Crippen LogP contribution in [-0.4, -0.2) is 65.3 Å². The number of benzene rings is 1. The molecule has 1 aliphatic heterocycles. The first-order chi connectivity index (χ1) is 11.8. The van der Waals surface area contributed by atoms with Gasteiger partial charge < -0.3 is 16.0 Å². The van der Waals surface area contributed by atoms with Crippen LogP contribution in [0.5, 0.6) is 0 Å². The molecule has 25 heavy (non-hydrogen) atoms. The van der Waals surface area contributed by atoms with Crippen molar-refractivity contribution in [2.24, 2.45) is 0 Å². The second kappa shape index (κ2) is 7.93. The maximum atomic E-state index is 12.5. The zero-order valence-corrected chi connectivity index (χ0v) is 14.4. The monoisotopic (exact) mass is 349 g/mol. The highest BCUT2D eigenvalue weighted by Gasteiger charge is 2.25. The molecule has 1 aromatic rings. The van der Waals surface area contributed by atoms with Gasteiger partial charge >= 0.3 is 0 Å².